The fourth-order valence-electron chi connectivity index (χ4n) is 3.95. The summed E-state index contributed by atoms with van der Waals surface area (Å²) in [6.45, 7) is 3.51. The summed E-state index contributed by atoms with van der Waals surface area (Å²) in [5, 5.41) is 0.940. The van der Waals surface area contributed by atoms with E-state index in [1.165, 1.54) is 37.5 Å². The van der Waals surface area contributed by atoms with E-state index in [1.54, 1.807) is 7.11 Å². The Balaban J connectivity index is 1.58. The summed E-state index contributed by atoms with van der Waals surface area (Å²) >= 11 is 1.36. The van der Waals surface area contributed by atoms with E-state index in [0.29, 0.717) is 18.0 Å². The standard InChI is InChI=1S/C17H20N2O2S/c1-21-15-4-2-3-13-16(18-22-17(13)15)14(20)9-12-10-19-7-5-11(12)6-8-19/h2-4,11-12H,5-10H2,1H3/t12-/m0/s1. The number of benzene rings is 1. The highest BCUT2D eigenvalue weighted by molar-refractivity contribution is 7.14. The maximum Gasteiger partial charge on any atom is 0.183 e. The SMILES string of the molecule is COc1cccc2c(C(=O)C[C@H]3CN4CCC3CC4)nsc12. The summed E-state index contributed by atoms with van der Waals surface area (Å²) in [6, 6.07) is 5.83. The first-order valence-corrected chi connectivity index (χ1v) is 8.71. The molecular weight excluding hydrogens is 296 g/mol. The van der Waals surface area contributed by atoms with E-state index in [-0.39, 0.29) is 5.78 Å². The number of ketones is 1. The molecule has 22 heavy (non-hydrogen) atoms. The van der Waals surface area contributed by atoms with Gasteiger partial charge in [-0.15, -0.1) is 0 Å². The topological polar surface area (TPSA) is 42.4 Å². The Hall–Kier alpha value is -1.46. The number of carbonyl (C=O) groups is 1. The molecule has 116 valence electrons. The van der Waals surface area contributed by atoms with Crippen LogP contribution in [0.3, 0.4) is 0 Å². The lowest BCUT2D eigenvalue weighted by Crippen LogP contribution is -2.47. The number of nitrogens with zero attached hydrogens (tertiary/aromatic N) is 2. The van der Waals surface area contributed by atoms with Crippen molar-refractivity contribution in [3.05, 3.63) is 23.9 Å². The predicted molar refractivity (Wildman–Crippen MR) is 87.8 cm³/mol. The number of ether oxygens (including phenoxy) is 1. The number of carbonyl (C=O) groups excluding carboxylic acids is 1. The number of methoxy groups -OCH3 is 1. The van der Waals surface area contributed by atoms with Gasteiger partial charge < -0.3 is 9.64 Å². The molecule has 1 aromatic carbocycles. The van der Waals surface area contributed by atoms with Gasteiger partial charge in [0.25, 0.3) is 0 Å². The zero-order valence-corrected chi connectivity index (χ0v) is 13.6. The Kier molecular flexibility index (Phi) is 3.62. The monoisotopic (exact) mass is 316 g/mol. The number of Topliss-reactive ketones (excluding diaryl/α,β-unsaturated/α-hetero) is 1. The molecule has 2 bridgehead atoms. The van der Waals surface area contributed by atoms with Crippen molar-refractivity contribution in [3.63, 3.8) is 0 Å². The number of hydrogen-bond acceptors (Lipinski definition) is 5. The minimum absolute atomic E-state index is 0.193. The van der Waals surface area contributed by atoms with Crippen LogP contribution in [0.4, 0.5) is 0 Å². The second-order valence-corrected chi connectivity index (χ2v) is 7.17. The van der Waals surface area contributed by atoms with Crippen molar-refractivity contribution in [1.29, 1.82) is 0 Å². The molecule has 0 spiro atoms. The lowest BCUT2D eigenvalue weighted by Gasteiger charge is -2.44. The Morgan fingerprint density at radius 3 is 2.91 bits per heavy atom. The van der Waals surface area contributed by atoms with Crippen molar-refractivity contribution < 1.29 is 9.53 Å². The van der Waals surface area contributed by atoms with Gasteiger partial charge in [-0.25, -0.2) is 0 Å². The molecule has 0 N–H and O–H groups in total. The van der Waals surface area contributed by atoms with E-state index in [4.69, 9.17) is 4.74 Å². The van der Waals surface area contributed by atoms with Gasteiger partial charge >= 0.3 is 0 Å². The van der Waals surface area contributed by atoms with Crippen molar-refractivity contribution in [2.45, 2.75) is 19.3 Å². The number of fused-ring (bicyclic) bond motifs is 4. The Morgan fingerprint density at radius 1 is 1.41 bits per heavy atom. The molecule has 0 saturated carbocycles. The lowest BCUT2D eigenvalue weighted by molar-refractivity contribution is 0.0440. The van der Waals surface area contributed by atoms with Crippen LogP contribution in [0.25, 0.3) is 10.1 Å². The van der Waals surface area contributed by atoms with Gasteiger partial charge in [-0.05, 0) is 55.4 Å². The second-order valence-electron chi connectivity index (χ2n) is 6.39. The zero-order chi connectivity index (χ0) is 15.1. The van der Waals surface area contributed by atoms with Crippen LogP contribution in [0.1, 0.15) is 29.8 Å². The van der Waals surface area contributed by atoms with E-state index < -0.39 is 0 Å². The Bertz CT molecular complexity index is 704. The van der Waals surface area contributed by atoms with Gasteiger partial charge in [0.05, 0.1) is 11.8 Å². The summed E-state index contributed by atoms with van der Waals surface area (Å²) in [5.74, 6) is 2.24. The molecule has 4 nitrogen and oxygen atoms in total. The molecule has 2 aromatic rings. The third kappa shape index (κ3) is 2.32. The van der Waals surface area contributed by atoms with E-state index in [0.717, 1.165) is 28.3 Å². The summed E-state index contributed by atoms with van der Waals surface area (Å²) in [6.07, 6.45) is 3.14. The molecule has 0 amide bonds. The second kappa shape index (κ2) is 5.63. The first kappa shape index (κ1) is 14.2. The molecule has 3 saturated heterocycles. The van der Waals surface area contributed by atoms with Crippen molar-refractivity contribution in [2.24, 2.45) is 11.8 Å². The van der Waals surface area contributed by atoms with Crippen LogP contribution in [0, 0.1) is 11.8 Å². The van der Waals surface area contributed by atoms with E-state index in [9.17, 15) is 4.79 Å². The summed E-state index contributed by atoms with van der Waals surface area (Å²) in [5.41, 5.74) is 0.635. The van der Waals surface area contributed by atoms with E-state index in [1.807, 2.05) is 18.2 Å². The highest BCUT2D eigenvalue weighted by Gasteiger charge is 2.35. The van der Waals surface area contributed by atoms with Crippen LogP contribution in [0.5, 0.6) is 5.75 Å². The molecular formula is C17H20N2O2S. The molecule has 3 fully saturated rings. The average molecular weight is 316 g/mol. The minimum Gasteiger partial charge on any atom is -0.495 e. The highest BCUT2D eigenvalue weighted by atomic mass is 32.1. The van der Waals surface area contributed by atoms with E-state index in [2.05, 4.69) is 9.27 Å². The maximum atomic E-state index is 12.7. The van der Waals surface area contributed by atoms with Crippen LogP contribution in [0.2, 0.25) is 0 Å². The van der Waals surface area contributed by atoms with Crippen LogP contribution < -0.4 is 4.74 Å². The number of hydrogen-bond donors (Lipinski definition) is 0. The Morgan fingerprint density at radius 2 is 2.23 bits per heavy atom. The molecule has 4 heterocycles. The fourth-order valence-corrected chi connectivity index (χ4v) is 4.84. The minimum atomic E-state index is 0.193. The van der Waals surface area contributed by atoms with Gasteiger partial charge in [0.15, 0.2) is 5.78 Å². The third-order valence-electron chi connectivity index (χ3n) is 5.19. The molecule has 3 aliphatic heterocycles. The lowest BCUT2D eigenvalue weighted by atomic mass is 9.76. The van der Waals surface area contributed by atoms with Crippen molar-refractivity contribution in [1.82, 2.24) is 9.27 Å². The molecule has 1 atom stereocenters. The molecule has 5 heteroatoms. The third-order valence-corrected chi connectivity index (χ3v) is 6.06. The van der Waals surface area contributed by atoms with Gasteiger partial charge in [-0.1, -0.05) is 12.1 Å². The molecule has 0 unspecified atom stereocenters. The zero-order valence-electron chi connectivity index (χ0n) is 12.7. The molecule has 0 radical (unpaired) electrons. The van der Waals surface area contributed by atoms with Crippen LogP contribution in [-0.4, -0.2) is 41.8 Å². The normalized spacial score (nSPS) is 27.2. The Labute approximate surface area is 134 Å². The van der Waals surface area contributed by atoms with Gasteiger partial charge in [-0.3, -0.25) is 4.79 Å². The summed E-state index contributed by atoms with van der Waals surface area (Å²) < 4.78 is 10.8. The molecule has 3 aliphatic rings. The van der Waals surface area contributed by atoms with E-state index >= 15 is 0 Å². The predicted octanol–water partition coefficient (Wildman–Crippen LogP) is 3.22. The number of piperidine rings is 3. The average Bonchev–Trinajstić information content (AvgIpc) is 3.00. The quantitative estimate of drug-likeness (QED) is 0.812. The first-order valence-electron chi connectivity index (χ1n) is 7.94. The first-order chi connectivity index (χ1) is 10.8. The summed E-state index contributed by atoms with van der Waals surface area (Å²) in [4.78, 5) is 15.2. The van der Waals surface area contributed by atoms with Crippen molar-refractivity contribution in [3.8, 4) is 5.75 Å². The number of rotatable bonds is 4. The fraction of sp³-hybridized carbons (Fsp3) is 0.529. The van der Waals surface area contributed by atoms with Gasteiger partial charge in [-0.2, -0.15) is 4.37 Å². The molecule has 1 aromatic heterocycles. The molecule has 0 aliphatic carbocycles. The smallest absolute Gasteiger partial charge is 0.183 e. The van der Waals surface area contributed by atoms with Gasteiger partial charge in [0.1, 0.15) is 11.4 Å². The van der Waals surface area contributed by atoms with Crippen LogP contribution >= 0.6 is 11.5 Å². The maximum absolute atomic E-state index is 12.7. The largest absolute Gasteiger partial charge is 0.495 e. The number of aromatic nitrogens is 1. The van der Waals surface area contributed by atoms with Crippen LogP contribution in [0.15, 0.2) is 18.2 Å². The van der Waals surface area contributed by atoms with Gasteiger partial charge in [0.2, 0.25) is 0 Å². The highest BCUT2D eigenvalue weighted by Crippen LogP contribution is 2.36. The molecule has 5 rings (SSSR count). The van der Waals surface area contributed by atoms with Crippen molar-refractivity contribution >= 4 is 27.4 Å². The van der Waals surface area contributed by atoms with Crippen LogP contribution in [-0.2, 0) is 0 Å². The summed E-state index contributed by atoms with van der Waals surface area (Å²) in [7, 11) is 1.66. The van der Waals surface area contributed by atoms with Gasteiger partial charge in [0, 0.05) is 18.4 Å². The van der Waals surface area contributed by atoms with Crippen molar-refractivity contribution in [2.75, 3.05) is 26.7 Å².